The van der Waals surface area contributed by atoms with E-state index in [0.29, 0.717) is 6.42 Å². The summed E-state index contributed by atoms with van der Waals surface area (Å²) in [6, 6.07) is 0. The summed E-state index contributed by atoms with van der Waals surface area (Å²) in [4.78, 5) is 0. The minimum absolute atomic E-state index is 0.116. The predicted molar refractivity (Wildman–Crippen MR) is 60.5 cm³/mol. The Morgan fingerprint density at radius 3 is 2.44 bits per heavy atom. The van der Waals surface area contributed by atoms with Crippen LogP contribution < -0.4 is 0 Å². The summed E-state index contributed by atoms with van der Waals surface area (Å²) in [5.41, 5.74) is 0. The van der Waals surface area contributed by atoms with Gasteiger partial charge in [0.15, 0.2) is 6.29 Å². The highest BCUT2D eigenvalue weighted by Crippen LogP contribution is 2.22. The van der Waals surface area contributed by atoms with Crippen LogP contribution in [0, 0.1) is 0 Å². The minimum Gasteiger partial charge on any atom is -0.394 e. The molecule has 106 valence electrons. The van der Waals surface area contributed by atoms with Crippen LogP contribution in [0.5, 0.6) is 0 Å². The van der Waals surface area contributed by atoms with E-state index in [4.69, 9.17) is 14.6 Å². The fourth-order valence-corrected chi connectivity index (χ4v) is 1.67. The van der Waals surface area contributed by atoms with Crippen molar-refractivity contribution in [3.8, 4) is 0 Å². The molecule has 1 rings (SSSR count). The molecule has 0 saturated carbocycles. The van der Waals surface area contributed by atoms with Gasteiger partial charge in [-0.15, -0.1) is 6.58 Å². The van der Waals surface area contributed by atoms with Crippen molar-refractivity contribution in [3.63, 3.8) is 0 Å². The van der Waals surface area contributed by atoms with Crippen molar-refractivity contribution in [2.75, 3.05) is 13.2 Å². The summed E-state index contributed by atoms with van der Waals surface area (Å²) in [5.74, 6) is 0. The van der Waals surface area contributed by atoms with E-state index in [-0.39, 0.29) is 6.61 Å². The quantitative estimate of drug-likeness (QED) is 0.343. The van der Waals surface area contributed by atoms with E-state index in [1.165, 1.54) is 6.08 Å². The summed E-state index contributed by atoms with van der Waals surface area (Å²) >= 11 is 0. The normalized spacial score (nSPS) is 38.4. The monoisotopic (exact) mass is 264 g/mol. The Hall–Kier alpha value is -0.540. The molecular weight excluding hydrogens is 244 g/mol. The summed E-state index contributed by atoms with van der Waals surface area (Å²) in [7, 11) is 0. The van der Waals surface area contributed by atoms with Crippen molar-refractivity contribution < 1.29 is 35.0 Å². The van der Waals surface area contributed by atoms with Crippen LogP contribution in [0.3, 0.4) is 0 Å². The Morgan fingerprint density at radius 1 is 1.22 bits per heavy atom. The molecule has 0 radical (unpaired) electrons. The third-order valence-electron chi connectivity index (χ3n) is 2.74. The lowest BCUT2D eigenvalue weighted by atomic mass is 9.99. The SMILES string of the molecule is C=CCC(O)CO[C@H]1O[C@H](CO)[C@@H](O)[C@H](O)[C@H]1O. The Labute approximate surface area is 105 Å². The smallest absolute Gasteiger partial charge is 0.186 e. The van der Waals surface area contributed by atoms with Crippen molar-refractivity contribution in [1.29, 1.82) is 0 Å². The van der Waals surface area contributed by atoms with E-state index in [1.807, 2.05) is 0 Å². The van der Waals surface area contributed by atoms with Gasteiger partial charge in [-0.2, -0.15) is 0 Å². The third kappa shape index (κ3) is 3.72. The number of ether oxygens (including phenoxy) is 2. The van der Waals surface area contributed by atoms with Gasteiger partial charge in [0.05, 0.1) is 19.3 Å². The molecule has 7 heteroatoms. The average molecular weight is 264 g/mol. The summed E-state index contributed by atoms with van der Waals surface area (Å²) in [6.07, 6.45) is -5.52. The van der Waals surface area contributed by atoms with Crippen LogP contribution >= 0.6 is 0 Å². The molecule has 1 fully saturated rings. The molecule has 1 aliphatic heterocycles. The molecule has 5 N–H and O–H groups in total. The summed E-state index contributed by atoms with van der Waals surface area (Å²) in [6.45, 7) is 2.83. The van der Waals surface area contributed by atoms with Gasteiger partial charge in [-0.05, 0) is 6.42 Å². The van der Waals surface area contributed by atoms with Crippen molar-refractivity contribution in [1.82, 2.24) is 0 Å². The molecule has 1 aliphatic rings. The molecule has 18 heavy (non-hydrogen) atoms. The van der Waals surface area contributed by atoms with Gasteiger partial charge < -0.3 is 35.0 Å². The predicted octanol–water partition coefficient (Wildman–Crippen LogP) is -2.26. The lowest BCUT2D eigenvalue weighted by molar-refractivity contribution is -0.304. The van der Waals surface area contributed by atoms with Crippen LogP contribution in [-0.2, 0) is 9.47 Å². The standard InChI is InChI=1S/C11H20O7/c1-2-3-6(13)5-17-11-10(16)9(15)8(14)7(4-12)18-11/h2,6-16H,1,3-5H2/t6?,7-,8-,9+,10-,11+/m1/s1. The molecule has 0 amide bonds. The lowest BCUT2D eigenvalue weighted by Gasteiger charge is -2.39. The highest BCUT2D eigenvalue weighted by molar-refractivity contribution is 4.89. The second-order valence-corrected chi connectivity index (χ2v) is 4.21. The first kappa shape index (κ1) is 15.5. The van der Waals surface area contributed by atoms with Gasteiger partial charge in [0.1, 0.15) is 24.4 Å². The molecule has 1 heterocycles. The van der Waals surface area contributed by atoms with Crippen molar-refractivity contribution >= 4 is 0 Å². The zero-order valence-corrected chi connectivity index (χ0v) is 9.92. The van der Waals surface area contributed by atoms with Crippen molar-refractivity contribution in [2.45, 2.75) is 43.2 Å². The van der Waals surface area contributed by atoms with Crippen LogP contribution in [0.1, 0.15) is 6.42 Å². The summed E-state index contributed by atoms with van der Waals surface area (Å²) in [5, 5.41) is 47.0. The van der Waals surface area contributed by atoms with E-state index in [0.717, 1.165) is 0 Å². The van der Waals surface area contributed by atoms with Gasteiger partial charge in [0, 0.05) is 0 Å². The van der Waals surface area contributed by atoms with Crippen molar-refractivity contribution in [3.05, 3.63) is 12.7 Å². The number of aliphatic hydroxyl groups excluding tert-OH is 5. The van der Waals surface area contributed by atoms with E-state index >= 15 is 0 Å². The Balaban J connectivity index is 2.51. The average Bonchev–Trinajstić information content (AvgIpc) is 2.35. The highest BCUT2D eigenvalue weighted by Gasteiger charge is 2.44. The third-order valence-corrected chi connectivity index (χ3v) is 2.74. The largest absolute Gasteiger partial charge is 0.394 e. The molecule has 0 aromatic carbocycles. The maximum absolute atomic E-state index is 9.62. The highest BCUT2D eigenvalue weighted by atomic mass is 16.7. The maximum Gasteiger partial charge on any atom is 0.186 e. The Morgan fingerprint density at radius 2 is 1.89 bits per heavy atom. The number of rotatable bonds is 6. The van der Waals surface area contributed by atoms with Gasteiger partial charge in [-0.25, -0.2) is 0 Å². The molecule has 6 atom stereocenters. The zero-order valence-electron chi connectivity index (χ0n) is 9.92. The van der Waals surface area contributed by atoms with Gasteiger partial charge in [-0.1, -0.05) is 6.08 Å². The first-order valence-corrected chi connectivity index (χ1v) is 5.72. The minimum atomic E-state index is -1.47. The Kier molecular flexibility index (Phi) is 6.16. The molecule has 0 aliphatic carbocycles. The van der Waals surface area contributed by atoms with E-state index in [1.54, 1.807) is 0 Å². The van der Waals surface area contributed by atoms with Crippen LogP contribution in [0.25, 0.3) is 0 Å². The van der Waals surface area contributed by atoms with Gasteiger partial charge in [-0.3, -0.25) is 0 Å². The van der Waals surface area contributed by atoms with Crippen molar-refractivity contribution in [2.24, 2.45) is 0 Å². The topological polar surface area (TPSA) is 120 Å². The number of aliphatic hydroxyl groups is 5. The Bertz CT molecular complexity index is 258. The second kappa shape index (κ2) is 7.15. The fraction of sp³-hybridized carbons (Fsp3) is 0.818. The molecule has 0 aromatic rings. The van der Waals surface area contributed by atoms with Crippen LogP contribution in [-0.4, -0.2) is 75.6 Å². The number of hydrogen-bond acceptors (Lipinski definition) is 7. The van der Waals surface area contributed by atoms with E-state index in [9.17, 15) is 20.4 Å². The molecule has 1 unspecified atom stereocenters. The van der Waals surface area contributed by atoms with E-state index < -0.39 is 43.4 Å². The van der Waals surface area contributed by atoms with Gasteiger partial charge in [0.25, 0.3) is 0 Å². The van der Waals surface area contributed by atoms with Crippen LogP contribution in [0.4, 0.5) is 0 Å². The molecular formula is C11H20O7. The summed E-state index contributed by atoms with van der Waals surface area (Å²) < 4.78 is 10.2. The van der Waals surface area contributed by atoms with Crippen LogP contribution in [0.2, 0.25) is 0 Å². The number of hydrogen-bond donors (Lipinski definition) is 5. The zero-order chi connectivity index (χ0) is 13.7. The molecule has 0 bridgehead atoms. The first-order chi connectivity index (χ1) is 8.51. The fourth-order valence-electron chi connectivity index (χ4n) is 1.67. The van der Waals surface area contributed by atoms with Crippen LogP contribution in [0.15, 0.2) is 12.7 Å². The molecule has 0 spiro atoms. The maximum atomic E-state index is 9.62. The second-order valence-electron chi connectivity index (χ2n) is 4.21. The van der Waals surface area contributed by atoms with Gasteiger partial charge >= 0.3 is 0 Å². The molecule has 1 saturated heterocycles. The van der Waals surface area contributed by atoms with Gasteiger partial charge in [0.2, 0.25) is 0 Å². The van der Waals surface area contributed by atoms with E-state index in [2.05, 4.69) is 6.58 Å². The molecule has 7 nitrogen and oxygen atoms in total. The lowest BCUT2D eigenvalue weighted by Crippen LogP contribution is -2.59. The molecule has 0 aromatic heterocycles. The first-order valence-electron chi connectivity index (χ1n) is 5.72.